The van der Waals surface area contributed by atoms with E-state index in [0.29, 0.717) is 24.4 Å². The summed E-state index contributed by atoms with van der Waals surface area (Å²) in [5.74, 6) is 1.79. The third-order valence-electron chi connectivity index (χ3n) is 4.02. The zero-order valence-electron chi connectivity index (χ0n) is 13.6. The molecule has 0 heterocycles. The first kappa shape index (κ1) is 17.8. The van der Waals surface area contributed by atoms with Gasteiger partial charge >= 0.3 is 8.03 Å². The van der Waals surface area contributed by atoms with E-state index in [-0.39, 0.29) is 12.5 Å². The Kier molecular flexibility index (Phi) is 7.94. The molecule has 0 N–H and O–H groups in total. The van der Waals surface area contributed by atoms with Crippen molar-refractivity contribution < 1.29 is 13.8 Å². The fourth-order valence-electron chi connectivity index (χ4n) is 2.77. The summed E-state index contributed by atoms with van der Waals surface area (Å²) in [6, 6.07) is 0. The van der Waals surface area contributed by atoms with E-state index in [2.05, 4.69) is 20.8 Å². The van der Waals surface area contributed by atoms with Crippen LogP contribution >= 0.6 is 8.03 Å². The van der Waals surface area contributed by atoms with E-state index >= 15 is 0 Å². The fraction of sp³-hybridized carbons (Fsp3) is 0.875. The molecule has 0 spiro atoms. The van der Waals surface area contributed by atoms with Crippen molar-refractivity contribution in [1.82, 2.24) is 0 Å². The first-order valence-corrected chi connectivity index (χ1v) is 9.09. The standard InChI is InChI=1S/C16H30O3P/c1-12(2)8-9-18-11-20(17)19-16-10-14(5)6-7-15(16)13(3)4/h8,13-16H,6-7,9-11H2,1-5H3/q+1. The largest absolute Gasteiger partial charge is 0.537 e. The van der Waals surface area contributed by atoms with Crippen molar-refractivity contribution in [2.24, 2.45) is 17.8 Å². The normalized spacial score (nSPS) is 27.5. The van der Waals surface area contributed by atoms with E-state index in [1.165, 1.54) is 18.4 Å². The van der Waals surface area contributed by atoms with Gasteiger partial charge in [0.2, 0.25) is 0 Å². The van der Waals surface area contributed by atoms with Crippen molar-refractivity contribution in [3.63, 3.8) is 0 Å². The minimum atomic E-state index is -1.71. The Morgan fingerprint density at radius 3 is 2.65 bits per heavy atom. The van der Waals surface area contributed by atoms with Gasteiger partial charge in [-0.15, -0.1) is 4.52 Å². The summed E-state index contributed by atoms with van der Waals surface area (Å²) in [6.07, 6.45) is 5.80. The Balaban J connectivity index is 2.39. The first-order valence-electron chi connectivity index (χ1n) is 7.72. The molecule has 1 aliphatic carbocycles. The molecule has 0 radical (unpaired) electrons. The number of hydrogen-bond acceptors (Lipinski definition) is 3. The van der Waals surface area contributed by atoms with Gasteiger partial charge in [-0.2, -0.15) is 0 Å². The minimum absolute atomic E-state index is 0.134. The Hall–Kier alpha value is -0.240. The van der Waals surface area contributed by atoms with Crippen LogP contribution < -0.4 is 0 Å². The monoisotopic (exact) mass is 301 g/mol. The van der Waals surface area contributed by atoms with Crippen molar-refractivity contribution in [3.8, 4) is 0 Å². The van der Waals surface area contributed by atoms with Gasteiger partial charge in [0, 0.05) is 0 Å². The van der Waals surface area contributed by atoms with Crippen LogP contribution in [0.3, 0.4) is 0 Å². The minimum Gasteiger partial charge on any atom is -0.331 e. The molecule has 0 bridgehead atoms. The maximum Gasteiger partial charge on any atom is 0.537 e. The van der Waals surface area contributed by atoms with Crippen molar-refractivity contribution in [2.45, 2.75) is 60.0 Å². The van der Waals surface area contributed by atoms with Gasteiger partial charge in [-0.25, -0.2) is 0 Å². The predicted octanol–water partition coefficient (Wildman–Crippen LogP) is 5.15. The summed E-state index contributed by atoms with van der Waals surface area (Å²) in [7, 11) is -1.71. The molecule has 0 aromatic rings. The molecule has 1 rings (SSSR count). The summed E-state index contributed by atoms with van der Waals surface area (Å²) in [5, 5.41) is 0. The summed E-state index contributed by atoms with van der Waals surface area (Å²) >= 11 is 0. The van der Waals surface area contributed by atoms with E-state index in [0.717, 1.165) is 6.42 Å². The van der Waals surface area contributed by atoms with E-state index in [1.54, 1.807) is 0 Å². The molecule has 1 fully saturated rings. The Labute approximate surface area is 125 Å². The third kappa shape index (κ3) is 6.47. The maximum atomic E-state index is 12.0. The lowest BCUT2D eigenvalue weighted by atomic mass is 9.75. The first-order chi connectivity index (χ1) is 9.40. The lowest BCUT2D eigenvalue weighted by Gasteiger charge is -2.33. The molecule has 0 saturated heterocycles. The molecule has 4 unspecified atom stereocenters. The van der Waals surface area contributed by atoms with Crippen LogP contribution in [0.1, 0.15) is 53.9 Å². The number of hydrogen-bond donors (Lipinski definition) is 0. The van der Waals surface area contributed by atoms with Gasteiger partial charge in [0.1, 0.15) is 6.10 Å². The zero-order chi connectivity index (χ0) is 15.1. The predicted molar refractivity (Wildman–Crippen MR) is 84.1 cm³/mol. The van der Waals surface area contributed by atoms with Crippen LogP contribution in [-0.2, 0) is 13.8 Å². The van der Waals surface area contributed by atoms with E-state index in [9.17, 15) is 4.57 Å². The van der Waals surface area contributed by atoms with Gasteiger partial charge in [0.15, 0.2) is 0 Å². The highest BCUT2D eigenvalue weighted by Crippen LogP contribution is 2.40. The molecule has 1 saturated carbocycles. The van der Waals surface area contributed by atoms with E-state index in [4.69, 9.17) is 9.26 Å². The van der Waals surface area contributed by atoms with Crippen molar-refractivity contribution in [2.75, 3.05) is 13.0 Å². The summed E-state index contributed by atoms with van der Waals surface area (Å²) < 4.78 is 23.2. The number of rotatable bonds is 7. The molecule has 20 heavy (non-hydrogen) atoms. The van der Waals surface area contributed by atoms with Crippen LogP contribution in [-0.4, -0.2) is 19.1 Å². The highest BCUT2D eigenvalue weighted by Gasteiger charge is 2.37. The molecule has 1 aliphatic rings. The van der Waals surface area contributed by atoms with Crippen LogP contribution in [0.2, 0.25) is 0 Å². The van der Waals surface area contributed by atoms with Crippen LogP contribution in [0.25, 0.3) is 0 Å². The summed E-state index contributed by atoms with van der Waals surface area (Å²) in [6.45, 7) is 11.3. The zero-order valence-corrected chi connectivity index (χ0v) is 14.5. The quantitative estimate of drug-likeness (QED) is 0.371. The maximum absolute atomic E-state index is 12.0. The third-order valence-corrected chi connectivity index (χ3v) is 4.92. The summed E-state index contributed by atoms with van der Waals surface area (Å²) in [4.78, 5) is 0. The van der Waals surface area contributed by atoms with E-state index in [1.807, 2.05) is 19.9 Å². The molecule has 116 valence electrons. The lowest BCUT2D eigenvalue weighted by molar-refractivity contribution is 0.0479. The van der Waals surface area contributed by atoms with Gasteiger partial charge < -0.3 is 4.74 Å². The second kappa shape index (κ2) is 8.92. The Morgan fingerprint density at radius 2 is 2.05 bits per heavy atom. The number of allylic oxidation sites excluding steroid dienone is 1. The lowest BCUT2D eigenvalue weighted by Crippen LogP contribution is -2.33. The van der Waals surface area contributed by atoms with Gasteiger partial charge in [-0.3, -0.25) is 0 Å². The molecular formula is C16H30O3P+. The van der Waals surface area contributed by atoms with Crippen molar-refractivity contribution in [3.05, 3.63) is 11.6 Å². The smallest absolute Gasteiger partial charge is 0.331 e. The second-order valence-electron chi connectivity index (χ2n) is 6.58. The van der Waals surface area contributed by atoms with Crippen molar-refractivity contribution in [1.29, 1.82) is 0 Å². The van der Waals surface area contributed by atoms with Crippen molar-refractivity contribution >= 4 is 8.03 Å². The molecule has 0 aromatic carbocycles. The van der Waals surface area contributed by atoms with Gasteiger partial charge in [-0.05, 0) is 49.0 Å². The summed E-state index contributed by atoms with van der Waals surface area (Å²) in [5.41, 5.74) is 1.21. The molecule has 4 heteroatoms. The second-order valence-corrected chi connectivity index (χ2v) is 7.72. The molecule has 4 atom stereocenters. The average molecular weight is 301 g/mol. The Morgan fingerprint density at radius 1 is 1.35 bits per heavy atom. The molecule has 0 aliphatic heterocycles. The van der Waals surface area contributed by atoms with Crippen LogP contribution in [0.15, 0.2) is 11.6 Å². The van der Waals surface area contributed by atoms with Gasteiger partial charge in [0.25, 0.3) is 6.35 Å². The molecule has 0 amide bonds. The van der Waals surface area contributed by atoms with Crippen LogP contribution in [0.4, 0.5) is 0 Å². The SMILES string of the molecule is CC(C)=CCOC[P+](=O)OC1CC(C)CCC1C(C)C. The average Bonchev–Trinajstić information content (AvgIpc) is 2.34. The number of ether oxygens (including phenoxy) is 1. The molecule has 3 nitrogen and oxygen atoms in total. The molecular weight excluding hydrogens is 271 g/mol. The van der Waals surface area contributed by atoms with Crippen LogP contribution in [0, 0.1) is 17.8 Å². The van der Waals surface area contributed by atoms with E-state index < -0.39 is 8.03 Å². The van der Waals surface area contributed by atoms with Gasteiger partial charge in [-0.1, -0.05) is 38.8 Å². The van der Waals surface area contributed by atoms with Gasteiger partial charge in [0.05, 0.1) is 6.61 Å². The topological polar surface area (TPSA) is 35.5 Å². The highest BCUT2D eigenvalue weighted by atomic mass is 31.1. The molecule has 0 aromatic heterocycles. The van der Waals surface area contributed by atoms with Crippen LogP contribution in [0.5, 0.6) is 0 Å². The Bertz CT molecular complexity index is 335. The fourth-order valence-corrected chi connectivity index (χ4v) is 3.63. The highest BCUT2D eigenvalue weighted by molar-refractivity contribution is 7.38.